The number of carbonyl (C=O) groups is 1. The van der Waals surface area contributed by atoms with Gasteiger partial charge in [-0.2, -0.15) is 17.6 Å². The normalized spacial score (nSPS) is 22.9. The van der Waals surface area contributed by atoms with E-state index in [9.17, 15) is 23.1 Å². The van der Waals surface area contributed by atoms with Crippen LogP contribution in [-0.2, 0) is 17.5 Å². The summed E-state index contributed by atoms with van der Waals surface area (Å²) in [6, 6.07) is 4.86. The second-order valence-corrected chi connectivity index (χ2v) is 9.81. The Morgan fingerprint density at radius 1 is 1.25 bits per heavy atom. The lowest BCUT2D eigenvalue weighted by Crippen LogP contribution is -2.55. The maximum Gasteiger partial charge on any atom is 0.416 e. The van der Waals surface area contributed by atoms with E-state index in [2.05, 4.69) is 15.3 Å². The first-order chi connectivity index (χ1) is 16.9. The third-order valence-electron chi connectivity index (χ3n) is 6.78. The molecule has 2 aliphatic rings. The Morgan fingerprint density at radius 2 is 1.94 bits per heavy atom. The number of halogens is 4. The average Bonchev–Trinajstić information content (AvgIpc) is 3.62. The first-order valence-electron chi connectivity index (χ1n) is 11.8. The number of aliphatic hydroxyl groups is 1. The number of hydrogen-bond donors (Lipinski definition) is 3. The SMILES string of the molecule is CC1(O)CN(CC(N)=O)CC[C@@H]1CNc1ncnc(N(Cc2ccc(C(F)(F)F)cc2)C2CC2)c1F. The summed E-state index contributed by atoms with van der Waals surface area (Å²) >= 11 is 0. The molecule has 1 aromatic heterocycles. The van der Waals surface area contributed by atoms with Gasteiger partial charge < -0.3 is 21.1 Å². The summed E-state index contributed by atoms with van der Waals surface area (Å²) in [6.07, 6.45) is -0.929. The number of hydrogen-bond acceptors (Lipinski definition) is 7. The quantitative estimate of drug-likeness (QED) is 0.446. The van der Waals surface area contributed by atoms with E-state index in [4.69, 9.17) is 5.73 Å². The smallest absolute Gasteiger partial charge is 0.388 e. The van der Waals surface area contributed by atoms with Crippen LogP contribution in [0, 0.1) is 11.7 Å². The molecular weight excluding hydrogens is 480 g/mol. The van der Waals surface area contributed by atoms with E-state index in [1.165, 1.54) is 18.5 Å². The Morgan fingerprint density at radius 3 is 2.53 bits per heavy atom. The number of likely N-dealkylation sites (tertiary alicyclic amines) is 1. The Balaban J connectivity index is 1.45. The number of anilines is 2. The largest absolute Gasteiger partial charge is 0.416 e. The van der Waals surface area contributed by atoms with Gasteiger partial charge in [0.2, 0.25) is 11.7 Å². The van der Waals surface area contributed by atoms with E-state index < -0.39 is 29.1 Å². The molecule has 4 N–H and O–H groups in total. The van der Waals surface area contributed by atoms with E-state index in [1.54, 1.807) is 16.7 Å². The fourth-order valence-electron chi connectivity index (χ4n) is 4.65. The number of rotatable bonds is 9. The Bertz CT molecular complexity index is 1080. The van der Waals surface area contributed by atoms with Gasteiger partial charge in [0, 0.05) is 31.6 Å². The van der Waals surface area contributed by atoms with Crippen LogP contribution >= 0.6 is 0 Å². The van der Waals surface area contributed by atoms with Crippen LogP contribution in [-0.4, -0.2) is 63.7 Å². The van der Waals surface area contributed by atoms with E-state index in [1.807, 2.05) is 0 Å². The van der Waals surface area contributed by atoms with E-state index in [0.717, 1.165) is 25.0 Å². The Hall–Kier alpha value is -2.99. The average molecular weight is 511 g/mol. The number of benzene rings is 1. The molecule has 2 atom stereocenters. The van der Waals surface area contributed by atoms with Crippen molar-refractivity contribution in [1.82, 2.24) is 14.9 Å². The molecule has 4 rings (SSSR count). The molecule has 1 saturated heterocycles. The molecule has 12 heteroatoms. The topological polar surface area (TPSA) is 108 Å². The van der Waals surface area contributed by atoms with Gasteiger partial charge in [0.25, 0.3) is 0 Å². The molecule has 196 valence electrons. The van der Waals surface area contributed by atoms with Crippen LogP contribution in [0.25, 0.3) is 0 Å². The molecule has 1 unspecified atom stereocenters. The lowest BCUT2D eigenvalue weighted by Gasteiger charge is -2.42. The number of nitrogens with zero attached hydrogens (tertiary/aromatic N) is 4. The molecular formula is C24H30F4N6O2. The van der Waals surface area contributed by atoms with Gasteiger partial charge in [-0.15, -0.1) is 0 Å². The zero-order valence-electron chi connectivity index (χ0n) is 19.9. The second kappa shape index (κ2) is 10.2. The molecule has 0 radical (unpaired) electrons. The zero-order valence-corrected chi connectivity index (χ0v) is 19.9. The van der Waals surface area contributed by atoms with E-state index in [-0.39, 0.29) is 49.8 Å². The van der Waals surface area contributed by atoms with Gasteiger partial charge in [-0.3, -0.25) is 9.69 Å². The number of aromatic nitrogens is 2. The van der Waals surface area contributed by atoms with Crippen molar-refractivity contribution in [2.24, 2.45) is 11.7 Å². The highest BCUT2D eigenvalue weighted by atomic mass is 19.4. The van der Waals surface area contributed by atoms with Crippen LogP contribution in [0.3, 0.4) is 0 Å². The molecule has 2 aromatic rings. The van der Waals surface area contributed by atoms with Crippen molar-refractivity contribution in [3.05, 3.63) is 47.5 Å². The standard InChI is InChI=1S/C24H30F4N6O2/c1-23(36)13-33(12-19(29)35)9-8-17(23)10-30-21-20(25)22(32-14-31-21)34(18-6-7-18)11-15-2-4-16(5-3-15)24(26,27)28/h2-5,14,17-18,36H,6-13H2,1H3,(H2,29,35)(H,30,31,32)/t17-,23?/m1/s1. The van der Waals surface area contributed by atoms with E-state index >= 15 is 4.39 Å². The monoisotopic (exact) mass is 510 g/mol. The molecule has 1 amide bonds. The number of primary amides is 1. The van der Waals surface area contributed by atoms with Gasteiger partial charge in [-0.05, 0) is 50.4 Å². The number of amides is 1. The number of alkyl halides is 3. The van der Waals surface area contributed by atoms with Crippen LogP contribution in [0.5, 0.6) is 0 Å². The summed E-state index contributed by atoms with van der Waals surface area (Å²) in [7, 11) is 0. The van der Waals surface area contributed by atoms with Crippen molar-refractivity contribution < 1.29 is 27.5 Å². The first kappa shape index (κ1) is 26.1. The van der Waals surface area contributed by atoms with Gasteiger partial charge in [0.05, 0.1) is 17.7 Å². The highest BCUT2D eigenvalue weighted by Gasteiger charge is 2.38. The van der Waals surface area contributed by atoms with Crippen LogP contribution in [0.15, 0.2) is 30.6 Å². The van der Waals surface area contributed by atoms with Crippen molar-refractivity contribution in [2.75, 3.05) is 36.4 Å². The summed E-state index contributed by atoms with van der Waals surface area (Å²) < 4.78 is 54.1. The highest BCUT2D eigenvalue weighted by Crippen LogP contribution is 2.36. The fourth-order valence-corrected chi connectivity index (χ4v) is 4.65. The van der Waals surface area contributed by atoms with Crippen molar-refractivity contribution >= 4 is 17.5 Å². The first-order valence-corrected chi connectivity index (χ1v) is 11.8. The number of β-amino-alcohol motifs (C(OH)–C–C–N with tert-alkyl or cyclic N) is 1. The minimum absolute atomic E-state index is 0.00608. The number of nitrogens with one attached hydrogen (secondary N) is 1. The zero-order chi connectivity index (χ0) is 26.1. The lowest BCUT2D eigenvalue weighted by atomic mass is 9.82. The third kappa shape index (κ3) is 6.22. The van der Waals surface area contributed by atoms with Gasteiger partial charge >= 0.3 is 6.18 Å². The minimum Gasteiger partial charge on any atom is -0.388 e. The summed E-state index contributed by atoms with van der Waals surface area (Å²) in [6.45, 7) is 3.05. The Labute approximate surface area is 206 Å². The molecule has 1 aromatic carbocycles. The van der Waals surface area contributed by atoms with Crippen LogP contribution < -0.4 is 16.0 Å². The molecule has 1 aliphatic heterocycles. The minimum atomic E-state index is -4.42. The van der Waals surface area contributed by atoms with Crippen molar-refractivity contribution in [3.8, 4) is 0 Å². The molecule has 0 bridgehead atoms. The van der Waals surface area contributed by atoms with Gasteiger partial charge in [-0.25, -0.2) is 9.97 Å². The van der Waals surface area contributed by atoms with Crippen LogP contribution in [0.4, 0.5) is 29.2 Å². The summed E-state index contributed by atoms with van der Waals surface area (Å²) in [5, 5.41) is 13.9. The molecule has 36 heavy (non-hydrogen) atoms. The van der Waals surface area contributed by atoms with Crippen molar-refractivity contribution in [3.63, 3.8) is 0 Å². The van der Waals surface area contributed by atoms with E-state index in [0.29, 0.717) is 18.5 Å². The predicted molar refractivity (Wildman–Crippen MR) is 125 cm³/mol. The molecule has 0 spiro atoms. The summed E-state index contributed by atoms with van der Waals surface area (Å²) in [4.78, 5) is 22.9. The maximum atomic E-state index is 15.5. The van der Waals surface area contributed by atoms with Crippen molar-refractivity contribution in [2.45, 2.75) is 50.6 Å². The second-order valence-electron chi connectivity index (χ2n) is 9.81. The number of piperidine rings is 1. The maximum absolute atomic E-state index is 15.5. The van der Waals surface area contributed by atoms with Crippen LogP contribution in [0.1, 0.15) is 37.3 Å². The third-order valence-corrected chi connectivity index (χ3v) is 6.78. The predicted octanol–water partition coefficient (Wildman–Crippen LogP) is 2.77. The summed E-state index contributed by atoms with van der Waals surface area (Å²) in [5.41, 5.74) is 4.02. The van der Waals surface area contributed by atoms with Gasteiger partial charge in [0.15, 0.2) is 11.6 Å². The molecule has 1 aliphatic carbocycles. The number of carbonyl (C=O) groups excluding carboxylic acids is 1. The highest BCUT2D eigenvalue weighted by molar-refractivity contribution is 5.75. The summed E-state index contributed by atoms with van der Waals surface area (Å²) in [5.74, 6) is -1.26. The molecule has 2 heterocycles. The van der Waals surface area contributed by atoms with Crippen LogP contribution in [0.2, 0.25) is 0 Å². The lowest BCUT2D eigenvalue weighted by molar-refractivity contribution is -0.137. The molecule has 2 fully saturated rings. The number of nitrogens with two attached hydrogens (primary N) is 1. The van der Waals surface area contributed by atoms with Gasteiger partial charge in [-0.1, -0.05) is 12.1 Å². The Kier molecular flexibility index (Phi) is 7.37. The molecule has 8 nitrogen and oxygen atoms in total. The van der Waals surface area contributed by atoms with Gasteiger partial charge in [0.1, 0.15) is 6.33 Å². The fraction of sp³-hybridized carbons (Fsp3) is 0.542. The van der Waals surface area contributed by atoms with Crippen molar-refractivity contribution in [1.29, 1.82) is 0 Å². The molecule has 1 saturated carbocycles.